The molecule has 1 saturated heterocycles. The average molecular weight is 326 g/mol. The van der Waals surface area contributed by atoms with Gasteiger partial charge in [0.1, 0.15) is 0 Å². The Bertz CT molecular complexity index is 485. The van der Waals surface area contributed by atoms with Crippen molar-refractivity contribution in [1.82, 2.24) is 9.80 Å². The molecule has 1 heterocycles. The Kier molecular flexibility index (Phi) is 4.55. The highest BCUT2D eigenvalue weighted by Gasteiger charge is 2.24. The minimum atomic E-state index is -0.0620. The van der Waals surface area contributed by atoms with Crippen LogP contribution in [0, 0.1) is 0 Å². The molecule has 1 aliphatic rings. The second kappa shape index (κ2) is 6.16. The van der Waals surface area contributed by atoms with Crippen molar-refractivity contribution < 1.29 is 9.59 Å². The van der Waals surface area contributed by atoms with Gasteiger partial charge in [-0.2, -0.15) is 0 Å². The van der Waals surface area contributed by atoms with E-state index in [4.69, 9.17) is 5.73 Å². The Morgan fingerprint density at radius 2 is 1.68 bits per heavy atom. The molecule has 1 aromatic rings. The predicted molar refractivity (Wildman–Crippen MR) is 75.7 cm³/mol. The predicted octanol–water partition coefficient (Wildman–Crippen LogP) is 0.692. The summed E-state index contributed by atoms with van der Waals surface area (Å²) in [6.45, 7) is 2.22. The zero-order chi connectivity index (χ0) is 13.8. The molecule has 0 aliphatic carbocycles. The molecule has 0 atom stereocenters. The molecular formula is C13H16BrN3O2. The van der Waals surface area contributed by atoms with E-state index in [0.29, 0.717) is 31.7 Å². The summed E-state index contributed by atoms with van der Waals surface area (Å²) in [6.07, 6.45) is 0. The summed E-state index contributed by atoms with van der Waals surface area (Å²) in [6, 6.07) is 7.36. The number of piperazine rings is 1. The molecule has 0 radical (unpaired) electrons. The van der Waals surface area contributed by atoms with Gasteiger partial charge in [-0.15, -0.1) is 0 Å². The van der Waals surface area contributed by atoms with Gasteiger partial charge in [-0.3, -0.25) is 9.59 Å². The third-order valence-electron chi connectivity index (χ3n) is 3.20. The standard InChI is InChI=1S/C13H16BrN3O2/c14-11-4-2-1-3-10(11)13(19)17-7-5-16(6-8-17)12(18)9-15/h1-4H,5-9,15H2. The van der Waals surface area contributed by atoms with Crippen molar-refractivity contribution in [2.75, 3.05) is 32.7 Å². The molecule has 1 aromatic carbocycles. The lowest BCUT2D eigenvalue weighted by Gasteiger charge is -2.34. The van der Waals surface area contributed by atoms with Gasteiger partial charge in [0.2, 0.25) is 5.91 Å². The van der Waals surface area contributed by atoms with Gasteiger partial charge in [0.15, 0.2) is 0 Å². The van der Waals surface area contributed by atoms with E-state index < -0.39 is 0 Å². The SMILES string of the molecule is NCC(=O)N1CCN(C(=O)c2ccccc2Br)CC1. The molecule has 6 heteroatoms. The topological polar surface area (TPSA) is 66.6 Å². The van der Waals surface area contributed by atoms with Crippen molar-refractivity contribution >= 4 is 27.7 Å². The van der Waals surface area contributed by atoms with Crippen LogP contribution in [0.1, 0.15) is 10.4 Å². The zero-order valence-corrected chi connectivity index (χ0v) is 12.1. The minimum absolute atomic E-state index is 0.00711. The number of rotatable bonds is 2. The van der Waals surface area contributed by atoms with Gasteiger partial charge in [0.25, 0.3) is 5.91 Å². The van der Waals surface area contributed by atoms with Gasteiger partial charge in [-0.25, -0.2) is 0 Å². The van der Waals surface area contributed by atoms with Crippen LogP contribution in [-0.4, -0.2) is 54.3 Å². The van der Waals surface area contributed by atoms with E-state index in [1.165, 1.54) is 0 Å². The number of nitrogens with two attached hydrogens (primary N) is 1. The molecule has 2 rings (SSSR count). The fraction of sp³-hybridized carbons (Fsp3) is 0.385. The third-order valence-corrected chi connectivity index (χ3v) is 3.89. The van der Waals surface area contributed by atoms with E-state index in [2.05, 4.69) is 15.9 Å². The lowest BCUT2D eigenvalue weighted by Crippen LogP contribution is -2.51. The number of carbonyl (C=O) groups is 2. The van der Waals surface area contributed by atoms with E-state index >= 15 is 0 Å². The van der Waals surface area contributed by atoms with E-state index in [1.54, 1.807) is 15.9 Å². The fourth-order valence-electron chi connectivity index (χ4n) is 2.09. The van der Waals surface area contributed by atoms with E-state index in [1.807, 2.05) is 18.2 Å². The van der Waals surface area contributed by atoms with E-state index in [-0.39, 0.29) is 18.4 Å². The van der Waals surface area contributed by atoms with Gasteiger partial charge in [0.05, 0.1) is 12.1 Å². The molecule has 5 nitrogen and oxygen atoms in total. The highest BCUT2D eigenvalue weighted by Crippen LogP contribution is 2.18. The molecule has 0 bridgehead atoms. The van der Waals surface area contributed by atoms with Crippen molar-refractivity contribution in [3.8, 4) is 0 Å². The number of halogens is 1. The summed E-state index contributed by atoms with van der Waals surface area (Å²) in [5.41, 5.74) is 5.98. The van der Waals surface area contributed by atoms with Crippen molar-refractivity contribution in [1.29, 1.82) is 0 Å². The Morgan fingerprint density at radius 3 is 2.26 bits per heavy atom. The molecule has 19 heavy (non-hydrogen) atoms. The lowest BCUT2D eigenvalue weighted by molar-refractivity contribution is -0.131. The van der Waals surface area contributed by atoms with Crippen LogP contribution in [0.4, 0.5) is 0 Å². The highest BCUT2D eigenvalue weighted by molar-refractivity contribution is 9.10. The Hall–Kier alpha value is -1.40. The van der Waals surface area contributed by atoms with Gasteiger partial charge in [0, 0.05) is 30.7 Å². The second-order valence-corrected chi connectivity index (χ2v) is 5.21. The monoisotopic (exact) mass is 325 g/mol. The maximum absolute atomic E-state index is 12.3. The Balaban J connectivity index is 2.00. The fourth-order valence-corrected chi connectivity index (χ4v) is 2.55. The van der Waals surface area contributed by atoms with Crippen molar-refractivity contribution in [3.05, 3.63) is 34.3 Å². The van der Waals surface area contributed by atoms with Crippen LogP contribution in [0.2, 0.25) is 0 Å². The van der Waals surface area contributed by atoms with Gasteiger partial charge in [-0.1, -0.05) is 12.1 Å². The molecule has 1 aliphatic heterocycles. The summed E-state index contributed by atoms with van der Waals surface area (Å²) in [4.78, 5) is 27.3. The number of nitrogens with zero attached hydrogens (tertiary/aromatic N) is 2. The maximum atomic E-state index is 12.3. The molecule has 2 amide bonds. The van der Waals surface area contributed by atoms with Crippen molar-refractivity contribution in [2.45, 2.75) is 0 Å². The molecule has 102 valence electrons. The second-order valence-electron chi connectivity index (χ2n) is 4.36. The summed E-state index contributed by atoms with van der Waals surface area (Å²) in [7, 11) is 0. The first-order valence-corrected chi connectivity index (χ1v) is 6.94. The largest absolute Gasteiger partial charge is 0.338 e. The molecule has 1 fully saturated rings. The van der Waals surface area contributed by atoms with Gasteiger partial charge < -0.3 is 15.5 Å². The highest BCUT2D eigenvalue weighted by atomic mass is 79.9. The number of hydrogen-bond donors (Lipinski definition) is 1. The normalized spacial score (nSPS) is 15.5. The quantitative estimate of drug-likeness (QED) is 0.870. The van der Waals surface area contributed by atoms with Gasteiger partial charge in [-0.05, 0) is 28.1 Å². The molecular weight excluding hydrogens is 310 g/mol. The molecule has 0 spiro atoms. The first kappa shape index (κ1) is 14.0. The van der Waals surface area contributed by atoms with Gasteiger partial charge >= 0.3 is 0 Å². The first-order valence-electron chi connectivity index (χ1n) is 6.15. The van der Waals surface area contributed by atoms with Crippen LogP contribution in [0.5, 0.6) is 0 Å². The first-order chi connectivity index (χ1) is 9.13. The Morgan fingerprint density at radius 1 is 1.11 bits per heavy atom. The smallest absolute Gasteiger partial charge is 0.255 e. The van der Waals surface area contributed by atoms with Crippen LogP contribution in [0.25, 0.3) is 0 Å². The van der Waals surface area contributed by atoms with Crippen LogP contribution >= 0.6 is 15.9 Å². The summed E-state index contributed by atoms with van der Waals surface area (Å²) in [5.74, 6) is -0.0692. The summed E-state index contributed by atoms with van der Waals surface area (Å²) in [5, 5.41) is 0. The molecule has 2 N–H and O–H groups in total. The van der Waals surface area contributed by atoms with E-state index in [0.717, 1.165) is 4.47 Å². The number of hydrogen-bond acceptors (Lipinski definition) is 3. The number of amides is 2. The third kappa shape index (κ3) is 3.13. The number of carbonyl (C=O) groups excluding carboxylic acids is 2. The van der Waals surface area contributed by atoms with Crippen LogP contribution in [0.15, 0.2) is 28.7 Å². The van der Waals surface area contributed by atoms with Crippen LogP contribution in [0.3, 0.4) is 0 Å². The van der Waals surface area contributed by atoms with Crippen molar-refractivity contribution in [2.24, 2.45) is 5.73 Å². The Labute approximate surface area is 120 Å². The molecule has 0 saturated carbocycles. The number of benzene rings is 1. The van der Waals surface area contributed by atoms with E-state index in [9.17, 15) is 9.59 Å². The van der Waals surface area contributed by atoms with Crippen molar-refractivity contribution in [3.63, 3.8) is 0 Å². The summed E-state index contributed by atoms with van der Waals surface area (Å²) < 4.78 is 0.792. The molecule has 0 aromatic heterocycles. The average Bonchev–Trinajstić information content (AvgIpc) is 2.46. The zero-order valence-electron chi connectivity index (χ0n) is 10.5. The molecule has 0 unspecified atom stereocenters. The van der Waals surface area contributed by atoms with Crippen LogP contribution < -0.4 is 5.73 Å². The van der Waals surface area contributed by atoms with Crippen LogP contribution in [-0.2, 0) is 4.79 Å². The maximum Gasteiger partial charge on any atom is 0.255 e. The summed E-state index contributed by atoms with van der Waals surface area (Å²) >= 11 is 3.38. The lowest BCUT2D eigenvalue weighted by atomic mass is 10.2. The minimum Gasteiger partial charge on any atom is -0.338 e.